The molecule has 1 aliphatic heterocycles. The van der Waals surface area contributed by atoms with Crippen molar-refractivity contribution in [3.63, 3.8) is 0 Å². The lowest BCUT2D eigenvalue weighted by molar-refractivity contribution is -0.132. The molecule has 1 aromatic carbocycles. The molecular formula is C19H17BrN2O3S. The highest BCUT2D eigenvalue weighted by molar-refractivity contribution is 9.10. The van der Waals surface area contributed by atoms with Crippen LogP contribution in [0.5, 0.6) is 5.75 Å². The summed E-state index contributed by atoms with van der Waals surface area (Å²) in [6.45, 7) is 3.87. The number of terminal acetylenes is 1. The third-order valence-electron chi connectivity index (χ3n) is 3.76. The van der Waals surface area contributed by atoms with Crippen LogP contribution in [0.25, 0.3) is 6.08 Å². The molecule has 5 nitrogen and oxygen atoms in total. The zero-order valence-corrected chi connectivity index (χ0v) is 16.8. The van der Waals surface area contributed by atoms with Crippen LogP contribution >= 0.6 is 28.1 Å². The van der Waals surface area contributed by atoms with Gasteiger partial charge in [-0.15, -0.1) is 13.0 Å². The zero-order chi connectivity index (χ0) is 19.4. The van der Waals surface area contributed by atoms with Gasteiger partial charge in [-0.25, -0.2) is 0 Å². The summed E-state index contributed by atoms with van der Waals surface area (Å²) in [5, 5.41) is 0.170. The largest absolute Gasteiger partial charge is 0.479 e. The van der Waals surface area contributed by atoms with E-state index in [0.29, 0.717) is 22.2 Å². The number of halogens is 1. The van der Waals surface area contributed by atoms with E-state index in [0.717, 1.165) is 5.56 Å². The molecule has 0 bridgehead atoms. The van der Waals surface area contributed by atoms with Crippen molar-refractivity contribution in [1.82, 2.24) is 9.80 Å². The number of carbonyl (C=O) groups is 2. The Morgan fingerprint density at radius 1 is 1.31 bits per heavy atom. The number of allylic oxidation sites excluding steroid dienone is 1. The van der Waals surface area contributed by atoms with Crippen LogP contribution in [0.2, 0.25) is 0 Å². The van der Waals surface area contributed by atoms with Gasteiger partial charge in [0.2, 0.25) is 0 Å². The molecule has 1 fully saturated rings. The molecule has 2 amide bonds. The fourth-order valence-corrected chi connectivity index (χ4v) is 3.28. The number of hydrogen-bond donors (Lipinski definition) is 0. The van der Waals surface area contributed by atoms with Gasteiger partial charge in [-0.05, 0) is 63.9 Å². The molecule has 1 aromatic rings. The highest BCUT2D eigenvalue weighted by Gasteiger charge is 2.35. The van der Waals surface area contributed by atoms with Crippen molar-refractivity contribution < 1.29 is 14.3 Å². The van der Waals surface area contributed by atoms with Crippen LogP contribution in [0.3, 0.4) is 0 Å². The maximum absolute atomic E-state index is 12.4. The van der Waals surface area contributed by atoms with Crippen LogP contribution in [0.15, 0.2) is 34.8 Å². The summed E-state index contributed by atoms with van der Waals surface area (Å²) < 4.78 is 6.26. The topological polar surface area (TPSA) is 49.9 Å². The summed E-state index contributed by atoms with van der Waals surface area (Å²) in [7, 11) is 3.08. The summed E-state index contributed by atoms with van der Waals surface area (Å²) in [6.07, 6.45) is 9.08. The van der Waals surface area contributed by atoms with Crippen molar-refractivity contribution >= 4 is 51.2 Å². The molecule has 0 radical (unpaired) electrons. The number of thiocarbonyl (C=S) groups is 1. The molecule has 0 saturated carbocycles. The van der Waals surface area contributed by atoms with Crippen LogP contribution in [-0.4, -0.2) is 47.4 Å². The van der Waals surface area contributed by atoms with Crippen molar-refractivity contribution in [2.24, 2.45) is 0 Å². The minimum atomic E-state index is -0.438. The van der Waals surface area contributed by atoms with Crippen molar-refractivity contribution in [3.05, 3.63) is 46.0 Å². The van der Waals surface area contributed by atoms with Gasteiger partial charge in [0.05, 0.1) is 4.47 Å². The van der Waals surface area contributed by atoms with Crippen LogP contribution in [0, 0.1) is 12.3 Å². The second-order valence-corrected chi connectivity index (χ2v) is 6.76. The van der Waals surface area contributed by atoms with Crippen molar-refractivity contribution in [2.45, 2.75) is 6.42 Å². The van der Waals surface area contributed by atoms with E-state index in [4.69, 9.17) is 23.4 Å². The maximum Gasteiger partial charge on any atom is 0.265 e. The van der Waals surface area contributed by atoms with Gasteiger partial charge in [-0.1, -0.05) is 12.0 Å². The van der Waals surface area contributed by atoms with E-state index in [9.17, 15) is 9.59 Å². The molecule has 0 aromatic heterocycles. The molecule has 0 spiro atoms. The summed E-state index contributed by atoms with van der Waals surface area (Å²) >= 11 is 8.55. The molecule has 0 aliphatic carbocycles. The van der Waals surface area contributed by atoms with Gasteiger partial charge in [0.25, 0.3) is 11.8 Å². The SMILES string of the molecule is C#CCOc1c(Br)cc(C=C2C(=O)N(C)C(=S)N(C)C2=O)cc1CC=C. The lowest BCUT2D eigenvalue weighted by Crippen LogP contribution is -2.52. The molecule has 1 saturated heterocycles. The third-order valence-corrected chi connectivity index (χ3v) is 4.90. The summed E-state index contributed by atoms with van der Waals surface area (Å²) in [6, 6.07) is 3.59. The van der Waals surface area contributed by atoms with Crippen LogP contribution in [0.4, 0.5) is 0 Å². The average molecular weight is 433 g/mol. The molecular weight excluding hydrogens is 416 g/mol. The lowest BCUT2D eigenvalue weighted by Gasteiger charge is -2.31. The Labute approximate surface area is 166 Å². The molecule has 0 unspecified atom stereocenters. The van der Waals surface area contributed by atoms with E-state index in [-0.39, 0.29) is 17.3 Å². The molecule has 2 rings (SSSR count). The normalized spacial score (nSPS) is 14.4. The first kappa shape index (κ1) is 19.9. The first-order chi connectivity index (χ1) is 12.3. The van der Waals surface area contributed by atoms with E-state index in [1.807, 2.05) is 6.07 Å². The smallest absolute Gasteiger partial charge is 0.265 e. The Hall–Kier alpha value is -2.43. The van der Waals surface area contributed by atoms with E-state index < -0.39 is 11.8 Å². The molecule has 1 heterocycles. The maximum atomic E-state index is 12.4. The molecule has 134 valence electrons. The van der Waals surface area contributed by atoms with Crippen LogP contribution in [0.1, 0.15) is 11.1 Å². The van der Waals surface area contributed by atoms with Gasteiger partial charge in [0, 0.05) is 14.1 Å². The number of likely N-dealkylation sites (N-methyl/N-ethyl adjacent to an activating group) is 2. The fourth-order valence-electron chi connectivity index (χ4n) is 2.48. The number of rotatable bonds is 5. The number of hydrogen-bond acceptors (Lipinski definition) is 4. The highest BCUT2D eigenvalue weighted by Crippen LogP contribution is 2.33. The summed E-state index contributed by atoms with van der Waals surface area (Å²) in [5.41, 5.74) is 1.55. The van der Waals surface area contributed by atoms with E-state index >= 15 is 0 Å². The number of benzene rings is 1. The Morgan fingerprint density at radius 3 is 2.46 bits per heavy atom. The number of nitrogens with zero attached hydrogens (tertiary/aromatic N) is 2. The summed E-state index contributed by atoms with van der Waals surface area (Å²) in [5.74, 6) is 2.16. The number of amides is 2. The van der Waals surface area contributed by atoms with E-state index in [2.05, 4.69) is 28.4 Å². The van der Waals surface area contributed by atoms with E-state index in [1.54, 1.807) is 18.2 Å². The number of carbonyl (C=O) groups excluding carboxylic acids is 2. The van der Waals surface area contributed by atoms with Gasteiger partial charge < -0.3 is 4.74 Å². The highest BCUT2D eigenvalue weighted by atomic mass is 79.9. The first-order valence-corrected chi connectivity index (χ1v) is 8.83. The molecule has 1 aliphatic rings. The van der Waals surface area contributed by atoms with Gasteiger partial charge in [0.15, 0.2) is 5.11 Å². The zero-order valence-electron chi connectivity index (χ0n) is 14.4. The average Bonchev–Trinajstić information content (AvgIpc) is 2.61. The van der Waals surface area contributed by atoms with Crippen molar-refractivity contribution in [1.29, 1.82) is 0 Å². The predicted octanol–water partition coefficient (Wildman–Crippen LogP) is 2.79. The second-order valence-electron chi connectivity index (χ2n) is 5.55. The van der Waals surface area contributed by atoms with Crippen molar-refractivity contribution in [3.8, 4) is 18.1 Å². The van der Waals surface area contributed by atoms with Crippen LogP contribution < -0.4 is 4.74 Å². The van der Waals surface area contributed by atoms with Gasteiger partial charge in [0.1, 0.15) is 17.9 Å². The number of ether oxygens (including phenoxy) is 1. The Balaban J connectivity index is 2.51. The molecule has 0 N–H and O–H groups in total. The standard InChI is InChI=1S/C19H17BrN2O3S/c1-5-7-13-9-12(11-15(20)16(13)25-8-6-2)10-14-17(23)21(3)19(26)22(4)18(14)24/h2,5,9-11H,1,7-8H2,3-4H3. The van der Waals surface area contributed by atoms with Crippen molar-refractivity contribution in [2.75, 3.05) is 20.7 Å². The third kappa shape index (κ3) is 3.87. The monoisotopic (exact) mass is 432 g/mol. The predicted molar refractivity (Wildman–Crippen MR) is 108 cm³/mol. The molecule has 26 heavy (non-hydrogen) atoms. The quantitative estimate of drug-likeness (QED) is 0.236. The van der Waals surface area contributed by atoms with Crippen LogP contribution in [-0.2, 0) is 16.0 Å². The minimum Gasteiger partial charge on any atom is -0.479 e. The fraction of sp³-hybridized carbons (Fsp3) is 0.211. The van der Waals surface area contributed by atoms with E-state index in [1.165, 1.54) is 23.9 Å². The van der Waals surface area contributed by atoms with Gasteiger partial charge in [-0.2, -0.15) is 0 Å². The second kappa shape index (κ2) is 8.30. The molecule has 7 heteroatoms. The Morgan fingerprint density at radius 2 is 1.92 bits per heavy atom. The van der Waals surface area contributed by atoms with Gasteiger partial charge >= 0.3 is 0 Å². The minimum absolute atomic E-state index is 0.0392. The lowest BCUT2D eigenvalue weighted by atomic mass is 10.0. The Bertz CT molecular complexity index is 844. The summed E-state index contributed by atoms with van der Waals surface area (Å²) in [4.78, 5) is 27.4. The molecule has 0 atom stereocenters. The first-order valence-electron chi connectivity index (χ1n) is 7.63. The Kier molecular flexibility index (Phi) is 6.35. The van der Waals surface area contributed by atoms with Gasteiger partial charge in [-0.3, -0.25) is 19.4 Å².